The van der Waals surface area contributed by atoms with Crippen LogP contribution in [0.15, 0.2) is 47.1 Å². The quantitative estimate of drug-likeness (QED) is 0.548. The highest BCUT2D eigenvalue weighted by Crippen LogP contribution is 2.27. The van der Waals surface area contributed by atoms with E-state index in [2.05, 4.69) is 15.6 Å². The summed E-state index contributed by atoms with van der Waals surface area (Å²) in [5.74, 6) is 0.00565. The van der Waals surface area contributed by atoms with Crippen molar-refractivity contribution < 1.29 is 18.7 Å². The van der Waals surface area contributed by atoms with E-state index in [1.807, 2.05) is 24.3 Å². The van der Waals surface area contributed by atoms with Crippen LogP contribution in [0.2, 0.25) is 0 Å². The van der Waals surface area contributed by atoms with Gasteiger partial charge in [-0.1, -0.05) is 36.6 Å². The van der Waals surface area contributed by atoms with Gasteiger partial charge in [0.2, 0.25) is 5.91 Å². The fraction of sp³-hybridized carbons (Fsp3) is 0.520. The average Bonchev–Trinajstić information content (AvgIpc) is 3.63. The Morgan fingerprint density at radius 2 is 1.94 bits per heavy atom. The molecule has 2 atom stereocenters. The van der Waals surface area contributed by atoms with E-state index in [1.54, 1.807) is 21.7 Å². The Balaban J connectivity index is 1.43. The van der Waals surface area contributed by atoms with Gasteiger partial charge in [0.15, 0.2) is 6.04 Å². The zero-order valence-corrected chi connectivity index (χ0v) is 19.3. The van der Waals surface area contributed by atoms with Gasteiger partial charge >= 0.3 is 0 Å². The van der Waals surface area contributed by atoms with Crippen molar-refractivity contribution in [2.75, 3.05) is 13.2 Å². The second-order valence-corrected chi connectivity index (χ2v) is 9.18. The van der Waals surface area contributed by atoms with E-state index >= 15 is 0 Å². The lowest BCUT2D eigenvalue weighted by Crippen LogP contribution is -2.49. The highest BCUT2D eigenvalue weighted by atomic mass is 16.5. The van der Waals surface area contributed by atoms with Crippen LogP contribution >= 0.6 is 0 Å². The molecule has 180 valence electrons. The molecule has 2 unspecified atom stereocenters. The SMILES string of the molecule is O=C(NC1CCCCC1)C(c1ccco1)N(CC1CCCO1)C(=O)Cn1nnc2ccccc21. The lowest BCUT2D eigenvalue weighted by atomic mass is 9.95. The second-order valence-electron chi connectivity index (χ2n) is 9.18. The molecule has 2 aromatic heterocycles. The Morgan fingerprint density at radius 1 is 1.09 bits per heavy atom. The van der Waals surface area contributed by atoms with Crippen molar-refractivity contribution >= 4 is 22.8 Å². The fourth-order valence-electron chi connectivity index (χ4n) is 5.01. The van der Waals surface area contributed by atoms with Crippen molar-refractivity contribution in [3.63, 3.8) is 0 Å². The molecule has 1 aromatic carbocycles. The van der Waals surface area contributed by atoms with Gasteiger partial charge in [0, 0.05) is 19.2 Å². The fourth-order valence-corrected chi connectivity index (χ4v) is 5.01. The maximum Gasteiger partial charge on any atom is 0.250 e. The second kappa shape index (κ2) is 10.4. The predicted molar refractivity (Wildman–Crippen MR) is 125 cm³/mol. The highest BCUT2D eigenvalue weighted by molar-refractivity contribution is 5.89. The van der Waals surface area contributed by atoms with Gasteiger partial charge in [0.05, 0.1) is 17.9 Å². The molecule has 3 heterocycles. The van der Waals surface area contributed by atoms with Crippen LogP contribution in [0.3, 0.4) is 0 Å². The van der Waals surface area contributed by atoms with Gasteiger partial charge in [-0.15, -0.1) is 5.10 Å². The highest BCUT2D eigenvalue weighted by Gasteiger charge is 2.37. The van der Waals surface area contributed by atoms with E-state index in [1.165, 1.54) is 12.7 Å². The topological polar surface area (TPSA) is 102 Å². The summed E-state index contributed by atoms with van der Waals surface area (Å²) in [6.07, 6.45) is 8.55. The first-order valence-electron chi connectivity index (χ1n) is 12.2. The number of rotatable bonds is 8. The number of carbonyl (C=O) groups excluding carboxylic acids is 2. The van der Waals surface area contributed by atoms with Crippen molar-refractivity contribution in [3.8, 4) is 0 Å². The molecular formula is C25H31N5O4. The molecule has 2 fully saturated rings. The van der Waals surface area contributed by atoms with Crippen LogP contribution < -0.4 is 5.32 Å². The third-order valence-corrected chi connectivity index (χ3v) is 6.77. The number of fused-ring (bicyclic) bond motifs is 1. The summed E-state index contributed by atoms with van der Waals surface area (Å²) in [5.41, 5.74) is 1.49. The molecule has 1 aliphatic carbocycles. The summed E-state index contributed by atoms with van der Waals surface area (Å²) in [5, 5.41) is 11.5. The van der Waals surface area contributed by atoms with E-state index in [0.29, 0.717) is 18.9 Å². The van der Waals surface area contributed by atoms with E-state index in [4.69, 9.17) is 9.15 Å². The first-order chi connectivity index (χ1) is 16.7. The number of aromatic nitrogens is 3. The van der Waals surface area contributed by atoms with Gasteiger partial charge in [-0.05, 0) is 49.9 Å². The standard InChI is InChI=1S/C25H31N5O4/c31-23(17-30-21-12-5-4-11-20(21)27-28-30)29(16-19-10-6-14-33-19)24(22-13-7-15-34-22)25(32)26-18-8-2-1-3-9-18/h4-5,7,11-13,15,18-19,24H,1-3,6,8-10,14,16-17H2,(H,26,32). The summed E-state index contributed by atoms with van der Waals surface area (Å²) in [6, 6.07) is 10.3. The molecule has 1 N–H and O–H groups in total. The number of para-hydroxylation sites is 1. The summed E-state index contributed by atoms with van der Waals surface area (Å²) < 4.78 is 13.1. The summed E-state index contributed by atoms with van der Waals surface area (Å²) >= 11 is 0. The molecule has 1 saturated carbocycles. The number of hydrogen-bond acceptors (Lipinski definition) is 6. The number of ether oxygens (including phenoxy) is 1. The van der Waals surface area contributed by atoms with Gasteiger partial charge < -0.3 is 19.4 Å². The molecule has 34 heavy (non-hydrogen) atoms. The summed E-state index contributed by atoms with van der Waals surface area (Å²) in [6.45, 7) is 0.955. The third kappa shape index (κ3) is 4.99. The van der Waals surface area contributed by atoms with Crippen molar-refractivity contribution in [1.29, 1.82) is 0 Å². The molecular weight excluding hydrogens is 434 g/mol. The third-order valence-electron chi connectivity index (χ3n) is 6.77. The molecule has 9 nitrogen and oxygen atoms in total. The van der Waals surface area contributed by atoms with Crippen molar-refractivity contribution in [1.82, 2.24) is 25.2 Å². The monoisotopic (exact) mass is 465 g/mol. The van der Waals surface area contributed by atoms with E-state index < -0.39 is 6.04 Å². The molecule has 2 amide bonds. The van der Waals surface area contributed by atoms with Crippen molar-refractivity contribution in [3.05, 3.63) is 48.4 Å². The number of carbonyl (C=O) groups is 2. The molecule has 1 aliphatic heterocycles. The number of furan rings is 1. The van der Waals surface area contributed by atoms with Gasteiger partial charge in [0.1, 0.15) is 17.8 Å². The zero-order valence-electron chi connectivity index (χ0n) is 19.3. The van der Waals surface area contributed by atoms with Gasteiger partial charge in [-0.3, -0.25) is 9.59 Å². The Kier molecular flexibility index (Phi) is 6.89. The number of nitrogens with zero attached hydrogens (tertiary/aromatic N) is 4. The van der Waals surface area contributed by atoms with Crippen LogP contribution in [-0.4, -0.2) is 57.0 Å². The lowest BCUT2D eigenvalue weighted by Gasteiger charge is -2.33. The number of hydrogen-bond donors (Lipinski definition) is 1. The predicted octanol–water partition coefficient (Wildman–Crippen LogP) is 3.22. The van der Waals surface area contributed by atoms with Crippen LogP contribution in [0.5, 0.6) is 0 Å². The first-order valence-corrected chi connectivity index (χ1v) is 12.2. The Bertz CT molecular complexity index is 1100. The number of amides is 2. The maximum absolute atomic E-state index is 13.7. The zero-order chi connectivity index (χ0) is 23.3. The van der Waals surface area contributed by atoms with Gasteiger partial charge in [0.25, 0.3) is 5.91 Å². The molecule has 9 heteroatoms. The Labute approximate surface area is 198 Å². The smallest absolute Gasteiger partial charge is 0.250 e. The molecule has 0 spiro atoms. The van der Waals surface area contributed by atoms with Crippen LogP contribution in [0.1, 0.15) is 56.7 Å². The molecule has 5 rings (SSSR count). The molecule has 0 radical (unpaired) electrons. The minimum atomic E-state index is -0.872. The van der Waals surface area contributed by atoms with Gasteiger partial charge in [-0.25, -0.2) is 4.68 Å². The Morgan fingerprint density at radius 3 is 2.71 bits per heavy atom. The van der Waals surface area contributed by atoms with E-state index in [9.17, 15) is 9.59 Å². The molecule has 2 aliphatic rings. The maximum atomic E-state index is 13.7. The normalized spacial score (nSPS) is 19.8. The van der Waals surface area contributed by atoms with Crippen LogP contribution in [-0.2, 0) is 20.9 Å². The number of benzene rings is 1. The van der Waals surface area contributed by atoms with E-state index in [0.717, 1.165) is 49.6 Å². The summed E-state index contributed by atoms with van der Waals surface area (Å²) in [4.78, 5) is 28.9. The minimum absolute atomic E-state index is 0.0266. The van der Waals surface area contributed by atoms with E-state index in [-0.39, 0.29) is 30.5 Å². The lowest BCUT2D eigenvalue weighted by molar-refractivity contribution is -0.144. The molecule has 1 saturated heterocycles. The average molecular weight is 466 g/mol. The van der Waals surface area contributed by atoms with Crippen LogP contribution in [0.25, 0.3) is 11.0 Å². The van der Waals surface area contributed by atoms with Crippen molar-refractivity contribution in [2.45, 2.75) is 69.7 Å². The minimum Gasteiger partial charge on any atom is -0.467 e. The largest absolute Gasteiger partial charge is 0.467 e. The Hall–Kier alpha value is -3.20. The van der Waals surface area contributed by atoms with Crippen LogP contribution in [0, 0.1) is 0 Å². The summed E-state index contributed by atoms with van der Waals surface area (Å²) in [7, 11) is 0. The molecule has 0 bridgehead atoms. The number of nitrogens with one attached hydrogen (secondary N) is 1. The van der Waals surface area contributed by atoms with Gasteiger partial charge in [-0.2, -0.15) is 0 Å². The first kappa shape index (κ1) is 22.6. The van der Waals surface area contributed by atoms with Crippen LogP contribution in [0.4, 0.5) is 0 Å². The van der Waals surface area contributed by atoms with Crippen molar-refractivity contribution in [2.24, 2.45) is 0 Å². The molecule has 3 aromatic rings.